The number of ketones is 1. The number of Topliss-reactive ketones (excluding diaryl/α,β-unsaturated/α-hetero) is 1. The molecule has 1 amide bonds. The summed E-state index contributed by atoms with van der Waals surface area (Å²) in [7, 11) is 0. The fourth-order valence-electron chi connectivity index (χ4n) is 3.04. The number of carbonyl (C=O) groups excluding carboxylic acids is 2. The molecule has 3 nitrogen and oxygen atoms in total. The molecule has 6 heteroatoms. The monoisotopic (exact) mass is 263 g/mol. The second-order valence-electron chi connectivity index (χ2n) is 5.05. The zero-order valence-electron chi connectivity index (χ0n) is 10.0. The van der Waals surface area contributed by atoms with Crippen LogP contribution in [0, 0.1) is 5.92 Å². The minimum atomic E-state index is -4.47. The minimum absolute atomic E-state index is 0.103. The van der Waals surface area contributed by atoms with Crippen molar-refractivity contribution in [2.45, 2.75) is 50.7 Å². The molecule has 102 valence electrons. The molecule has 1 heterocycles. The first-order valence-electron chi connectivity index (χ1n) is 6.27. The van der Waals surface area contributed by atoms with Gasteiger partial charge in [-0.25, -0.2) is 0 Å². The molecule has 0 aromatic rings. The van der Waals surface area contributed by atoms with Crippen LogP contribution < -0.4 is 0 Å². The predicted molar refractivity (Wildman–Crippen MR) is 57.8 cm³/mol. The van der Waals surface area contributed by atoms with Gasteiger partial charge < -0.3 is 4.90 Å². The van der Waals surface area contributed by atoms with Crippen molar-refractivity contribution in [1.82, 2.24) is 4.90 Å². The van der Waals surface area contributed by atoms with E-state index in [1.807, 2.05) is 0 Å². The molecule has 2 aliphatic rings. The molecule has 2 atom stereocenters. The number of likely N-dealkylation sites (tertiary alicyclic amines) is 1. The van der Waals surface area contributed by atoms with Crippen LogP contribution in [-0.4, -0.2) is 35.4 Å². The summed E-state index contributed by atoms with van der Waals surface area (Å²) in [5.74, 6) is -1.01. The standard InChI is InChI=1S/C12H16F3NO2/c13-12(14,15)7-11(18)16-6-2-4-9(16)8-3-1-5-10(8)17/h8-9H,1-7H2. The highest BCUT2D eigenvalue weighted by atomic mass is 19.4. The lowest BCUT2D eigenvalue weighted by Gasteiger charge is -2.29. The number of rotatable bonds is 2. The summed E-state index contributed by atoms with van der Waals surface area (Å²) in [4.78, 5) is 24.6. The van der Waals surface area contributed by atoms with Gasteiger partial charge in [0.15, 0.2) is 0 Å². The van der Waals surface area contributed by atoms with Gasteiger partial charge in [0.2, 0.25) is 5.91 Å². The molecular formula is C12H16F3NO2. The first-order chi connectivity index (χ1) is 8.38. The summed E-state index contributed by atoms with van der Waals surface area (Å²) in [5.41, 5.74) is 0. The van der Waals surface area contributed by atoms with Crippen molar-refractivity contribution < 1.29 is 22.8 Å². The van der Waals surface area contributed by atoms with E-state index < -0.39 is 18.5 Å². The SMILES string of the molecule is O=C1CCCC1C1CCCN1C(=O)CC(F)(F)F. The molecule has 0 radical (unpaired) electrons. The van der Waals surface area contributed by atoms with E-state index in [2.05, 4.69) is 0 Å². The van der Waals surface area contributed by atoms with Crippen LogP contribution in [0.1, 0.15) is 38.5 Å². The van der Waals surface area contributed by atoms with Crippen LogP contribution in [0.2, 0.25) is 0 Å². The summed E-state index contributed by atoms with van der Waals surface area (Å²) in [6, 6.07) is -0.296. The van der Waals surface area contributed by atoms with Crippen LogP contribution in [0.25, 0.3) is 0 Å². The van der Waals surface area contributed by atoms with Gasteiger partial charge in [0, 0.05) is 24.9 Å². The van der Waals surface area contributed by atoms with Crippen LogP contribution >= 0.6 is 0 Å². The van der Waals surface area contributed by atoms with E-state index in [4.69, 9.17) is 0 Å². The molecule has 1 aliphatic heterocycles. The lowest BCUT2D eigenvalue weighted by Crippen LogP contribution is -2.42. The number of hydrogen-bond acceptors (Lipinski definition) is 2. The number of amides is 1. The summed E-state index contributed by atoms with van der Waals surface area (Å²) in [6.45, 7) is 0.351. The largest absolute Gasteiger partial charge is 0.397 e. The summed E-state index contributed by atoms with van der Waals surface area (Å²) < 4.78 is 36.7. The number of halogens is 3. The summed E-state index contributed by atoms with van der Waals surface area (Å²) >= 11 is 0. The molecule has 1 saturated carbocycles. The van der Waals surface area contributed by atoms with Gasteiger partial charge in [-0.1, -0.05) is 0 Å². The maximum Gasteiger partial charge on any atom is 0.397 e. The smallest absolute Gasteiger partial charge is 0.339 e. The van der Waals surface area contributed by atoms with Gasteiger partial charge in [-0.15, -0.1) is 0 Å². The average molecular weight is 263 g/mol. The van der Waals surface area contributed by atoms with Crippen molar-refractivity contribution in [3.8, 4) is 0 Å². The Hall–Kier alpha value is -1.07. The third-order valence-electron chi connectivity index (χ3n) is 3.79. The fourth-order valence-corrected chi connectivity index (χ4v) is 3.04. The molecule has 0 aromatic heterocycles. The summed E-state index contributed by atoms with van der Waals surface area (Å²) in [6.07, 6.45) is -2.53. The lowest BCUT2D eigenvalue weighted by molar-refractivity contribution is -0.162. The van der Waals surface area contributed by atoms with Crippen molar-refractivity contribution in [3.63, 3.8) is 0 Å². The molecule has 0 aromatic carbocycles. The lowest BCUT2D eigenvalue weighted by atomic mass is 9.95. The van der Waals surface area contributed by atoms with E-state index in [-0.39, 0.29) is 17.7 Å². The van der Waals surface area contributed by atoms with Crippen LogP contribution in [0.4, 0.5) is 13.2 Å². The molecule has 0 N–H and O–H groups in total. The van der Waals surface area contributed by atoms with E-state index in [1.165, 1.54) is 4.90 Å². The Morgan fingerprint density at radius 3 is 2.56 bits per heavy atom. The Morgan fingerprint density at radius 2 is 2.00 bits per heavy atom. The highest BCUT2D eigenvalue weighted by molar-refractivity contribution is 5.85. The second kappa shape index (κ2) is 4.90. The van der Waals surface area contributed by atoms with Crippen molar-refractivity contribution in [3.05, 3.63) is 0 Å². The van der Waals surface area contributed by atoms with Crippen molar-refractivity contribution in [2.24, 2.45) is 5.92 Å². The summed E-state index contributed by atoms with van der Waals surface area (Å²) in [5, 5.41) is 0. The number of hydrogen-bond donors (Lipinski definition) is 0. The van der Waals surface area contributed by atoms with Gasteiger partial charge >= 0.3 is 6.18 Å². The Kier molecular flexibility index (Phi) is 3.64. The van der Waals surface area contributed by atoms with Gasteiger partial charge in [-0.3, -0.25) is 9.59 Å². The molecule has 1 saturated heterocycles. The second-order valence-corrected chi connectivity index (χ2v) is 5.05. The van der Waals surface area contributed by atoms with E-state index in [0.29, 0.717) is 32.2 Å². The van der Waals surface area contributed by atoms with Crippen molar-refractivity contribution in [1.29, 1.82) is 0 Å². The van der Waals surface area contributed by atoms with Gasteiger partial charge in [-0.05, 0) is 25.7 Å². The first-order valence-corrected chi connectivity index (χ1v) is 6.27. The van der Waals surface area contributed by atoms with Crippen molar-refractivity contribution >= 4 is 11.7 Å². The molecular weight excluding hydrogens is 247 g/mol. The Labute approximate surface area is 103 Å². The molecule has 2 rings (SSSR count). The van der Waals surface area contributed by atoms with Gasteiger partial charge in [0.1, 0.15) is 12.2 Å². The van der Waals surface area contributed by atoms with Crippen molar-refractivity contribution in [2.75, 3.05) is 6.54 Å². The van der Waals surface area contributed by atoms with Gasteiger partial charge in [-0.2, -0.15) is 13.2 Å². The highest BCUT2D eigenvalue weighted by Crippen LogP contribution is 2.34. The van der Waals surface area contributed by atoms with E-state index >= 15 is 0 Å². The normalized spacial score (nSPS) is 29.1. The third kappa shape index (κ3) is 2.84. The average Bonchev–Trinajstić information content (AvgIpc) is 2.82. The van der Waals surface area contributed by atoms with Crippen LogP contribution in [-0.2, 0) is 9.59 Å². The minimum Gasteiger partial charge on any atom is -0.339 e. The third-order valence-corrected chi connectivity index (χ3v) is 3.79. The van der Waals surface area contributed by atoms with E-state index in [0.717, 1.165) is 6.42 Å². The fraction of sp³-hybridized carbons (Fsp3) is 0.833. The van der Waals surface area contributed by atoms with Crippen LogP contribution in [0.3, 0.4) is 0 Å². The molecule has 2 unspecified atom stereocenters. The quantitative estimate of drug-likeness (QED) is 0.766. The van der Waals surface area contributed by atoms with Crippen LogP contribution in [0.15, 0.2) is 0 Å². The number of nitrogens with zero attached hydrogens (tertiary/aromatic N) is 1. The van der Waals surface area contributed by atoms with Gasteiger partial charge in [0.05, 0.1) is 0 Å². The Morgan fingerprint density at radius 1 is 1.28 bits per heavy atom. The first kappa shape index (κ1) is 13.4. The zero-order valence-corrected chi connectivity index (χ0v) is 10.0. The van der Waals surface area contributed by atoms with E-state index in [9.17, 15) is 22.8 Å². The molecule has 0 spiro atoms. The predicted octanol–water partition coefficient (Wildman–Crippen LogP) is 2.30. The number of carbonyl (C=O) groups is 2. The number of alkyl halides is 3. The highest BCUT2D eigenvalue weighted by Gasteiger charge is 2.42. The Balaban J connectivity index is 2.03. The molecule has 18 heavy (non-hydrogen) atoms. The van der Waals surface area contributed by atoms with Crippen LogP contribution in [0.5, 0.6) is 0 Å². The molecule has 2 fully saturated rings. The van der Waals surface area contributed by atoms with E-state index in [1.54, 1.807) is 0 Å². The maximum atomic E-state index is 12.2. The topological polar surface area (TPSA) is 37.4 Å². The van der Waals surface area contributed by atoms with Gasteiger partial charge in [0.25, 0.3) is 0 Å². The zero-order chi connectivity index (χ0) is 13.3. The molecule has 0 bridgehead atoms. The maximum absolute atomic E-state index is 12.2. The molecule has 1 aliphatic carbocycles. The Bertz CT molecular complexity index is 354.